The van der Waals surface area contributed by atoms with Gasteiger partial charge in [0.2, 0.25) is 0 Å². The monoisotopic (exact) mass is 587 g/mol. The molecule has 2 heterocycles. The molecule has 0 amide bonds. The van der Waals surface area contributed by atoms with Gasteiger partial charge in [-0.05, 0) is 31.9 Å². The zero-order chi connectivity index (χ0) is 27.6. The lowest BCUT2D eigenvalue weighted by molar-refractivity contribution is -0.384. The summed E-state index contributed by atoms with van der Waals surface area (Å²) in [6.07, 6.45) is 0.0461. The zero-order valence-electron chi connectivity index (χ0n) is 18.6. The van der Waals surface area contributed by atoms with E-state index in [9.17, 15) is 48.1 Å². The third-order valence-corrected chi connectivity index (χ3v) is 8.86. The summed E-state index contributed by atoms with van der Waals surface area (Å²) in [6.45, 7) is 0.818. The number of H-pyrrole nitrogens is 1. The smallest absolute Gasteiger partial charge is 0.404 e. The van der Waals surface area contributed by atoms with Crippen molar-refractivity contribution in [3.05, 3.63) is 67.0 Å². The Morgan fingerprint density at radius 1 is 1.08 bits per heavy atom. The van der Waals surface area contributed by atoms with Gasteiger partial charge in [0.25, 0.3) is 11.2 Å². The third kappa shape index (κ3) is 8.25. The van der Waals surface area contributed by atoms with Crippen LogP contribution in [0.2, 0.25) is 0 Å². The molecule has 4 N–H and O–H groups in total. The van der Waals surface area contributed by atoms with Gasteiger partial charge in [0.15, 0.2) is 0 Å². The largest absolute Gasteiger partial charge is 0.536 e. The Bertz CT molecular complexity index is 1420. The highest BCUT2D eigenvalue weighted by molar-refractivity contribution is 7.67. The van der Waals surface area contributed by atoms with Gasteiger partial charge in [-0.15, -0.1) is 0 Å². The summed E-state index contributed by atoms with van der Waals surface area (Å²) in [5.41, 5.74) is -1.44. The summed E-state index contributed by atoms with van der Waals surface area (Å²) in [5, 5.41) is 10.6. The first-order chi connectivity index (χ1) is 17.1. The first-order valence-corrected chi connectivity index (χ1v) is 14.5. The number of nitro benzene ring substituents is 1. The van der Waals surface area contributed by atoms with E-state index in [1.54, 1.807) is 0 Å². The van der Waals surface area contributed by atoms with Crippen LogP contribution in [0, 0.1) is 17.0 Å². The van der Waals surface area contributed by atoms with E-state index in [0.717, 1.165) is 28.8 Å². The normalized spacial score (nSPS) is 22.5. The number of ether oxygens (including phenoxy) is 1. The molecule has 1 fully saturated rings. The number of aryl methyl sites for hydroxylation is 1. The van der Waals surface area contributed by atoms with Crippen molar-refractivity contribution < 1.29 is 55.7 Å². The molecule has 204 valence electrons. The molecule has 21 heteroatoms. The molecule has 0 spiro atoms. The number of phosphoric ester groups is 2. The van der Waals surface area contributed by atoms with E-state index in [0.29, 0.717) is 0 Å². The molecule has 0 saturated carbocycles. The van der Waals surface area contributed by atoms with Crippen molar-refractivity contribution in [2.45, 2.75) is 32.1 Å². The highest BCUT2D eigenvalue weighted by Crippen LogP contribution is 2.67. The van der Waals surface area contributed by atoms with Gasteiger partial charge in [-0.2, -0.15) is 8.62 Å². The lowest BCUT2D eigenvalue weighted by Crippen LogP contribution is -2.33. The summed E-state index contributed by atoms with van der Waals surface area (Å²) in [4.78, 5) is 64.5. The number of nitrogens with one attached hydrogen (secondary N) is 1. The second-order valence-electron chi connectivity index (χ2n) is 7.48. The second-order valence-corrected chi connectivity index (χ2v) is 12.0. The van der Waals surface area contributed by atoms with Crippen molar-refractivity contribution in [2.24, 2.45) is 0 Å². The van der Waals surface area contributed by atoms with Crippen LogP contribution in [0.25, 0.3) is 0 Å². The molecule has 18 nitrogen and oxygen atoms in total. The van der Waals surface area contributed by atoms with Gasteiger partial charge in [0.05, 0.1) is 17.6 Å². The van der Waals surface area contributed by atoms with Gasteiger partial charge in [0.1, 0.15) is 12.0 Å². The maximum Gasteiger partial charge on any atom is 0.536 e. The van der Waals surface area contributed by atoms with Crippen LogP contribution in [-0.4, -0.2) is 41.9 Å². The fourth-order valence-electron chi connectivity index (χ4n) is 3.07. The van der Waals surface area contributed by atoms with E-state index >= 15 is 0 Å². The number of hydrogen-bond donors (Lipinski definition) is 4. The van der Waals surface area contributed by atoms with Crippen LogP contribution in [0.15, 0.2) is 40.1 Å². The van der Waals surface area contributed by atoms with E-state index in [4.69, 9.17) is 4.74 Å². The van der Waals surface area contributed by atoms with Crippen molar-refractivity contribution in [1.29, 1.82) is 0 Å². The average molecular weight is 587 g/mol. The van der Waals surface area contributed by atoms with Gasteiger partial charge < -0.3 is 19.0 Å². The highest BCUT2D eigenvalue weighted by atomic mass is 31.3. The van der Waals surface area contributed by atoms with Gasteiger partial charge >= 0.3 is 29.2 Å². The minimum atomic E-state index is -5.74. The van der Waals surface area contributed by atoms with Gasteiger partial charge in [-0.3, -0.25) is 33.9 Å². The molecule has 1 aromatic carbocycles. The van der Waals surface area contributed by atoms with Crippen LogP contribution in [0.4, 0.5) is 5.69 Å². The molecule has 3 unspecified atom stereocenters. The number of aromatic amines is 1. The number of aromatic nitrogens is 2. The van der Waals surface area contributed by atoms with Gasteiger partial charge in [-0.25, -0.2) is 18.5 Å². The number of phosphoric acid groups is 3. The molecule has 1 aromatic heterocycles. The van der Waals surface area contributed by atoms with Crippen LogP contribution in [-0.2, 0) is 31.6 Å². The first kappa shape index (κ1) is 29.1. The molecule has 2 aromatic rings. The lowest BCUT2D eigenvalue weighted by atomic mass is 10.2. The lowest BCUT2D eigenvalue weighted by Gasteiger charge is -2.20. The molecule has 5 atom stereocenters. The Labute approximate surface area is 206 Å². The summed E-state index contributed by atoms with van der Waals surface area (Å²) >= 11 is 0. The minimum absolute atomic E-state index is 0.220. The Balaban J connectivity index is 1.55. The third-order valence-electron chi connectivity index (χ3n) is 4.65. The summed E-state index contributed by atoms with van der Waals surface area (Å²) in [7, 11) is -16.5. The molecule has 3 rings (SSSR count). The Morgan fingerprint density at radius 3 is 2.32 bits per heavy atom. The number of benzene rings is 1. The maximum atomic E-state index is 12.1. The van der Waals surface area contributed by atoms with Crippen LogP contribution in [0.1, 0.15) is 24.6 Å². The molecular weight excluding hydrogens is 567 g/mol. The SMILES string of the molecule is Cc1cn([C@H]2CC[C@@H](COP(=O)(O)OP(=O)(O)OP(=O)(O)Oc3ccc([N+](=O)[O-])cc3)O2)c(=O)[nH]c1=O. The van der Waals surface area contributed by atoms with Crippen LogP contribution in [0.3, 0.4) is 0 Å². The quantitative estimate of drug-likeness (QED) is 0.166. The van der Waals surface area contributed by atoms with Crippen molar-refractivity contribution >= 4 is 29.2 Å². The second kappa shape index (κ2) is 11.1. The summed E-state index contributed by atoms with van der Waals surface area (Å²) in [5.74, 6) is -0.468. The molecule has 37 heavy (non-hydrogen) atoms. The predicted molar refractivity (Wildman–Crippen MR) is 121 cm³/mol. The molecular formula is C16H20N3O15P3. The number of non-ortho nitro benzene ring substituents is 1. The van der Waals surface area contributed by atoms with Crippen molar-refractivity contribution in [3.8, 4) is 5.75 Å². The molecule has 0 aliphatic carbocycles. The molecule has 1 aliphatic heterocycles. The number of rotatable bonds is 11. The van der Waals surface area contributed by atoms with E-state index in [-0.39, 0.29) is 24.1 Å². The highest BCUT2D eigenvalue weighted by Gasteiger charge is 2.43. The van der Waals surface area contributed by atoms with Crippen LogP contribution < -0.4 is 15.8 Å². The van der Waals surface area contributed by atoms with Crippen molar-refractivity contribution in [3.63, 3.8) is 0 Å². The van der Waals surface area contributed by atoms with Crippen LogP contribution in [0.5, 0.6) is 5.75 Å². The summed E-state index contributed by atoms with van der Waals surface area (Å²) < 4.78 is 59.8. The van der Waals surface area contributed by atoms with E-state index in [1.165, 1.54) is 13.1 Å². The molecule has 1 aliphatic rings. The first-order valence-electron chi connectivity index (χ1n) is 10.0. The Kier molecular flexibility index (Phi) is 8.71. The molecule has 1 saturated heterocycles. The maximum absolute atomic E-state index is 12.1. The van der Waals surface area contributed by atoms with Crippen LogP contribution >= 0.6 is 23.5 Å². The number of nitrogens with zero attached hydrogens (tertiary/aromatic N) is 2. The number of nitro groups is 1. The minimum Gasteiger partial charge on any atom is -0.404 e. The van der Waals surface area contributed by atoms with Crippen molar-refractivity contribution in [1.82, 2.24) is 9.55 Å². The van der Waals surface area contributed by atoms with Crippen molar-refractivity contribution in [2.75, 3.05) is 6.61 Å². The Hall–Kier alpha value is -2.49. The molecule has 0 radical (unpaired) electrons. The zero-order valence-corrected chi connectivity index (χ0v) is 21.3. The van der Waals surface area contributed by atoms with E-state index in [1.807, 2.05) is 0 Å². The predicted octanol–water partition coefficient (Wildman–Crippen LogP) is 1.86. The fraction of sp³-hybridized carbons (Fsp3) is 0.375. The standard InChI is InChI=1S/C16H20N3O15P3/c1-10-8-18(16(21)17-15(10)20)14-7-6-13(31-14)9-30-35(24,25)33-37(28,29)34-36(26,27)32-12-4-2-11(3-5-12)19(22)23/h2-5,8,13-14H,6-7,9H2,1H3,(H,24,25)(H,26,27)(H,28,29)(H,17,20,21)/t13-,14+/m0/s1. The van der Waals surface area contributed by atoms with Gasteiger partial charge in [0, 0.05) is 23.9 Å². The van der Waals surface area contributed by atoms with Gasteiger partial charge in [-0.1, -0.05) is 0 Å². The average Bonchev–Trinajstić information content (AvgIpc) is 3.22. The fourth-order valence-corrected chi connectivity index (χ4v) is 6.61. The van der Waals surface area contributed by atoms with E-state index < -0.39 is 64.3 Å². The molecule has 0 bridgehead atoms. The summed E-state index contributed by atoms with van der Waals surface area (Å²) in [6, 6.07) is 3.60. The number of hydrogen-bond acceptors (Lipinski definition) is 12. The Morgan fingerprint density at radius 2 is 1.70 bits per heavy atom. The van der Waals surface area contributed by atoms with E-state index in [2.05, 4.69) is 22.7 Å². The topological polar surface area (TPSA) is 256 Å².